The van der Waals surface area contributed by atoms with Crippen molar-refractivity contribution in [3.05, 3.63) is 85.0 Å². The Balaban J connectivity index is 1.44. The monoisotopic (exact) mass is 398 g/mol. The first-order chi connectivity index (χ1) is 14.7. The number of pyridine rings is 3. The Morgan fingerprint density at radius 3 is 2.67 bits per heavy atom. The van der Waals surface area contributed by atoms with Gasteiger partial charge in [0.2, 0.25) is 0 Å². The van der Waals surface area contributed by atoms with Crippen molar-refractivity contribution >= 4 is 11.4 Å². The van der Waals surface area contributed by atoms with Crippen LogP contribution in [0.15, 0.2) is 73.7 Å². The molecule has 5 rings (SSSR count). The van der Waals surface area contributed by atoms with E-state index >= 15 is 0 Å². The summed E-state index contributed by atoms with van der Waals surface area (Å²) in [6, 6.07) is 11.7. The van der Waals surface area contributed by atoms with E-state index in [9.17, 15) is 4.79 Å². The summed E-state index contributed by atoms with van der Waals surface area (Å²) < 4.78 is 2.05. The molecule has 0 saturated carbocycles. The van der Waals surface area contributed by atoms with E-state index in [0.717, 1.165) is 28.9 Å². The van der Waals surface area contributed by atoms with Gasteiger partial charge in [0, 0.05) is 61.7 Å². The van der Waals surface area contributed by atoms with Gasteiger partial charge in [0.15, 0.2) is 0 Å². The minimum atomic E-state index is 0.0397. The van der Waals surface area contributed by atoms with Crippen molar-refractivity contribution in [2.45, 2.75) is 6.04 Å². The fraction of sp³-hybridized carbons (Fsp3) is 0.217. The van der Waals surface area contributed by atoms with Gasteiger partial charge in [-0.15, -0.1) is 0 Å². The van der Waals surface area contributed by atoms with Gasteiger partial charge in [0.05, 0.1) is 23.6 Å². The Kier molecular flexibility index (Phi) is 4.72. The highest BCUT2D eigenvalue weighted by Gasteiger charge is 2.31. The molecule has 0 aromatic carbocycles. The molecule has 1 fully saturated rings. The summed E-state index contributed by atoms with van der Waals surface area (Å²) in [6.07, 6.45) is 10.9. The number of carbonyl (C=O) groups is 1. The molecule has 0 bridgehead atoms. The first kappa shape index (κ1) is 18.4. The quantitative estimate of drug-likeness (QED) is 0.531. The van der Waals surface area contributed by atoms with E-state index in [0.29, 0.717) is 18.7 Å². The van der Waals surface area contributed by atoms with Crippen LogP contribution in [0.5, 0.6) is 0 Å². The van der Waals surface area contributed by atoms with Gasteiger partial charge < -0.3 is 9.30 Å². The Bertz CT molecular complexity index is 1170. The Morgan fingerprint density at radius 2 is 1.87 bits per heavy atom. The zero-order valence-corrected chi connectivity index (χ0v) is 16.7. The molecule has 1 atom stereocenters. The molecule has 1 aliphatic heterocycles. The van der Waals surface area contributed by atoms with Gasteiger partial charge in [0.1, 0.15) is 0 Å². The number of fused-ring (bicyclic) bond motifs is 1. The average Bonchev–Trinajstić information content (AvgIpc) is 3.23. The van der Waals surface area contributed by atoms with Crippen LogP contribution in [0.3, 0.4) is 0 Å². The van der Waals surface area contributed by atoms with Crippen LogP contribution in [0.4, 0.5) is 0 Å². The number of carbonyl (C=O) groups excluding carboxylic acids is 1. The van der Waals surface area contributed by atoms with Crippen LogP contribution in [0, 0.1) is 0 Å². The van der Waals surface area contributed by atoms with Crippen molar-refractivity contribution in [2.24, 2.45) is 0 Å². The SMILES string of the molecule is CN1CCN(C(=O)c2ccncc2)C[C@H]1c1ncn2cc(-c3cccnc3)ccc12. The van der Waals surface area contributed by atoms with E-state index in [1.807, 2.05) is 29.6 Å². The van der Waals surface area contributed by atoms with E-state index in [1.54, 1.807) is 30.7 Å². The zero-order valence-electron chi connectivity index (χ0n) is 16.7. The molecular weight excluding hydrogens is 376 g/mol. The molecule has 30 heavy (non-hydrogen) atoms. The lowest BCUT2D eigenvalue weighted by molar-refractivity contribution is 0.0542. The van der Waals surface area contributed by atoms with Crippen LogP contribution in [0.2, 0.25) is 0 Å². The minimum Gasteiger partial charge on any atom is -0.335 e. The number of hydrogen-bond acceptors (Lipinski definition) is 5. The maximum Gasteiger partial charge on any atom is 0.254 e. The summed E-state index contributed by atoms with van der Waals surface area (Å²) in [6.45, 7) is 2.11. The molecule has 0 unspecified atom stereocenters. The predicted octanol–water partition coefficient (Wildman–Crippen LogP) is 2.92. The smallest absolute Gasteiger partial charge is 0.254 e. The number of amides is 1. The Labute approximate surface area is 174 Å². The highest BCUT2D eigenvalue weighted by atomic mass is 16.2. The second kappa shape index (κ2) is 7.68. The van der Waals surface area contributed by atoms with E-state index in [2.05, 4.69) is 44.6 Å². The van der Waals surface area contributed by atoms with Crippen molar-refractivity contribution in [2.75, 3.05) is 26.7 Å². The predicted molar refractivity (Wildman–Crippen MR) is 114 cm³/mol. The Hall–Kier alpha value is -3.58. The molecular formula is C23H22N6O. The maximum absolute atomic E-state index is 12.9. The van der Waals surface area contributed by atoms with Gasteiger partial charge in [-0.05, 0) is 36.9 Å². The van der Waals surface area contributed by atoms with Crippen molar-refractivity contribution in [1.82, 2.24) is 29.2 Å². The van der Waals surface area contributed by atoms with E-state index in [-0.39, 0.29) is 11.9 Å². The molecule has 7 heteroatoms. The lowest BCUT2D eigenvalue weighted by Gasteiger charge is -2.38. The van der Waals surface area contributed by atoms with E-state index < -0.39 is 0 Å². The normalized spacial score (nSPS) is 17.4. The van der Waals surface area contributed by atoms with Gasteiger partial charge >= 0.3 is 0 Å². The number of hydrogen-bond donors (Lipinski definition) is 0. The Morgan fingerprint density at radius 1 is 1.00 bits per heavy atom. The third kappa shape index (κ3) is 3.33. The van der Waals surface area contributed by atoms with Crippen LogP contribution in [-0.4, -0.2) is 61.7 Å². The molecule has 0 N–H and O–H groups in total. The zero-order chi connectivity index (χ0) is 20.5. The van der Waals surface area contributed by atoms with Gasteiger partial charge in [-0.25, -0.2) is 4.98 Å². The van der Waals surface area contributed by atoms with Crippen LogP contribution < -0.4 is 0 Å². The fourth-order valence-corrected chi connectivity index (χ4v) is 4.01. The van der Waals surface area contributed by atoms with Crippen LogP contribution in [-0.2, 0) is 0 Å². The maximum atomic E-state index is 12.9. The number of imidazole rings is 1. The lowest BCUT2D eigenvalue weighted by atomic mass is 10.1. The lowest BCUT2D eigenvalue weighted by Crippen LogP contribution is -2.49. The molecule has 1 aliphatic rings. The highest BCUT2D eigenvalue weighted by molar-refractivity contribution is 5.94. The molecule has 1 saturated heterocycles. The summed E-state index contributed by atoms with van der Waals surface area (Å²) in [7, 11) is 2.09. The van der Waals surface area contributed by atoms with Gasteiger partial charge in [0.25, 0.3) is 5.91 Å². The first-order valence-electron chi connectivity index (χ1n) is 9.97. The largest absolute Gasteiger partial charge is 0.335 e. The standard InChI is InChI=1S/C23H22N6O/c1-27-11-12-28(23(30)17-6-9-24-10-7-17)15-21(27)22-20-5-4-19(14-29(20)16-26-22)18-3-2-8-25-13-18/h2-10,13-14,16,21H,11-12,15H2,1H3/t21-/m0/s1. The van der Waals surface area contributed by atoms with Crippen molar-refractivity contribution < 1.29 is 4.79 Å². The fourth-order valence-electron chi connectivity index (χ4n) is 4.01. The van der Waals surface area contributed by atoms with Gasteiger partial charge in [-0.3, -0.25) is 19.7 Å². The molecule has 0 aliphatic carbocycles. The number of aromatic nitrogens is 4. The van der Waals surface area contributed by atoms with Crippen molar-refractivity contribution in [1.29, 1.82) is 0 Å². The second-order valence-electron chi connectivity index (χ2n) is 7.57. The summed E-state index contributed by atoms with van der Waals surface area (Å²) in [5.74, 6) is 0.0397. The number of piperazine rings is 1. The van der Waals surface area contributed by atoms with Crippen molar-refractivity contribution in [3.8, 4) is 11.1 Å². The third-order valence-corrected chi connectivity index (χ3v) is 5.73. The van der Waals surface area contributed by atoms with E-state index in [4.69, 9.17) is 4.98 Å². The van der Waals surface area contributed by atoms with Crippen LogP contribution >= 0.6 is 0 Å². The van der Waals surface area contributed by atoms with Crippen LogP contribution in [0.1, 0.15) is 22.1 Å². The van der Waals surface area contributed by atoms with Gasteiger partial charge in [-0.2, -0.15) is 0 Å². The molecule has 4 aromatic rings. The average molecular weight is 398 g/mol. The molecule has 0 spiro atoms. The number of nitrogens with zero attached hydrogens (tertiary/aromatic N) is 6. The molecule has 150 valence electrons. The number of likely N-dealkylation sites (N-methyl/N-ethyl adjacent to an activating group) is 1. The molecule has 4 aromatic heterocycles. The highest BCUT2D eigenvalue weighted by Crippen LogP contribution is 2.28. The minimum absolute atomic E-state index is 0.0397. The second-order valence-corrected chi connectivity index (χ2v) is 7.57. The van der Waals surface area contributed by atoms with E-state index in [1.165, 1.54) is 0 Å². The molecule has 5 heterocycles. The summed E-state index contributed by atoms with van der Waals surface area (Å²) in [5.41, 5.74) is 4.87. The topological polar surface area (TPSA) is 66.6 Å². The molecule has 0 radical (unpaired) electrons. The first-order valence-corrected chi connectivity index (χ1v) is 9.97. The van der Waals surface area contributed by atoms with Gasteiger partial charge in [-0.1, -0.05) is 12.1 Å². The number of rotatable bonds is 3. The third-order valence-electron chi connectivity index (χ3n) is 5.73. The summed E-state index contributed by atoms with van der Waals surface area (Å²) in [5, 5.41) is 0. The van der Waals surface area contributed by atoms with Crippen LogP contribution in [0.25, 0.3) is 16.6 Å². The summed E-state index contributed by atoms with van der Waals surface area (Å²) >= 11 is 0. The molecule has 1 amide bonds. The molecule has 7 nitrogen and oxygen atoms in total. The van der Waals surface area contributed by atoms with Crippen molar-refractivity contribution in [3.63, 3.8) is 0 Å². The summed E-state index contributed by atoms with van der Waals surface area (Å²) in [4.78, 5) is 30.1.